The molecule has 0 aromatic heterocycles. The predicted octanol–water partition coefficient (Wildman–Crippen LogP) is 3.10. The SMILES string of the molecule is CCOC(=O)[C@@H]1CC[C@@H](Nc2ccc3c(c2CNC(C)=O)COCCCC2=C3N(O)NC(C(F)(F)F)=C2)CN1. The summed E-state index contributed by atoms with van der Waals surface area (Å²) in [5.41, 5.74) is 4.04. The summed E-state index contributed by atoms with van der Waals surface area (Å²) in [5.74, 6) is -0.530. The Bertz CT molecular complexity index is 1150. The maximum atomic E-state index is 13.5. The molecular weight excluding hydrogens is 519 g/mol. The van der Waals surface area contributed by atoms with Gasteiger partial charge in [0, 0.05) is 49.5 Å². The zero-order valence-electron chi connectivity index (χ0n) is 21.9. The van der Waals surface area contributed by atoms with Crippen molar-refractivity contribution >= 4 is 23.3 Å². The van der Waals surface area contributed by atoms with Crippen molar-refractivity contribution in [2.75, 3.05) is 25.1 Å². The molecule has 3 aliphatic heterocycles. The van der Waals surface area contributed by atoms with E-state index in [2.05, 4.69) is 16.0 Å². The number of alkyl halides is 3. The Balaban J connectivity index is 1.70. The van der Waals surface area contributed by atoms with E-state index in [0.29, 0.717) is 72.1 Å². The largest absolute Gasteiger partial charge is 0.465 e. The Labute approximate surface area is 224 Å². The Morgan fingerprint density at radius 1 is 1.28 bits per heavy atom. The van der Waals surface area contributed by atoms with Crippen LogP contribution in [0.5, 0.6) is 0 Å². The lowest BCUT2D eigenvalue weighted by Gasteiger charge is -2.33. The molecule has 1 aromatic rings. The van der Waals surface area contributed by atoms with Crippen LogP contribution in [0, 0.1) is 0 Å². The fourth-order valence-electron chi connectivity index (χ4n) is 5.02. The van der Waals surface area contributed by atoms with Gasteiger partial charge in [-0.1, -0.05) is 6.07 Å². The first-order chi connectivity index (χ1) is 18.6. The molecule has 3 aliphatic rings. The van der Waals surface area contributed by atoms with Crippen LogP contribution < -0.4 is 21.4 Å². The average molecular weight is 554 g/mol. The van der Waals surface area contributed by atoms with Gasteiger partial charge in [0.1, 0.15) is 11.7 Å². The van der Waals surface area contributed by atoms with E-state index in [0.717, 1.165) is 6.08 Å². The number of ether oxygens (including phenoxy) is 2. The number of halogens is 3. The fraction of sp³-hybridized carbons (Fsp3) is 0.538. The van der Waals surface area contributed by atoms with Gasteiger partial charge in [0.25, 0.3) is 0 Å². The van der Waals surface area contributed by atoms with Crippen LogP contribution in [-0.4, -0.2) is 60.3 Å². The number of nitrogens with zero attached hydrogens (tertiary/aromatic N) is 1. The van der Waals surface area contributed by atoms with Crippen LogP contribution in [-0.2, 0) is 32.2 Å². The maximum absolute atomic E-state index is 13.5. The molecule has 3 heterocycles. The summed E-state index contributed by atoms with van der Waals surface area (Å²) in [6.07, 6.45) is -1.64. The third kappa shape index (κ3) is 6.84. The number of hydrogen-bond acceptors (Lipinski definition) is 9. The molecular formula is C26H34F3N5O5. The van der Waals surface area contributed by atoms with Crippen molar-refractivity contribution in [3.05, 3.63) is 46.2 Å². The van der Waals surface area contributed by atoms with Crippen LogP contribution in [0.2, 0.25) is 0 Å². The van der Waals surface area contributed by atoms with Gasteiger partial charge < -0.3 is 25.4 Å². The molecule has 0 saturated carbocycles. The van der Waals surface area contributed by atoms with E-state index < -0.39 is 11.9 Å². The fourth-order valence-corrected chi connectivity index (χ4v) is 5.02. The Hall–Kier alpha value is -3.29. The topological polar surface area (TPSA) is 124 Å². The van der Waals surface area contributed by atoms with E-state index >= 15 is 0 Å². The van der Waals surface area contributed by atoms with Gasteiger partial charge in [-0.3, -0.25) is 20.2 Å². The van der Waals surface area contributed by atoms with Crippen LogP contribution in [0.3, 0.4) is 0 Å². The third-order valence-corrected chi connectivity index (χ3v) is 6.89. The van der Waals surface area contributed by atoms with Gasteiger partial charge >= 0.3 is 12.1 Å². The lowest BCUT2D eigenvalue weighted by atomic mass is 9.92. The summed E-state index contributed by atoms with van der Waals surface area (Å²) >= 11 is 0. The first-order valence-electron chi connectivity index (χ1n) is 13.0. The molecule has 13 heteroatoms. The van der Waals surface area contributed by atoms with Crippen molar-refractivity contribution in [1.82, 2.24) is 21.2 Å². The molecule has 1 amide bonds. The molecule has 4 rings (SSSR count). The number of amides is 1. The van der Waals surface area contributed by atoms with Gasteiger partial charge in [0.2, 0.25) is 5.91 Å². The number of carbonyl (C=O) groups excluding carboxylic acids is 2. The number of hydroxylamine groups is 1. The number of hydrogen-bond donors (Lipinski definition) is 5. The van der Waals surface area contributed by atoms with E-state index in [9.17, 15) is 28.0 Å². The second-order valence-electron chi connectivity index (χ2n) is 9.67. The van der Waals surface area contributed by atoms with Crippen LogP contribution in [0.1, 0.15) is 56.2 Å². The van der Waals surface area contributed by atoms with E-state index in [-0.39, 0.29) is 49.2 Å². The van der Waals surface area contributed by atoms with Gasteiger partial charge in [-0.2, -0.15) is 18.3 Å². The lowest BCUT2D eigenvalue weighted by molar-refractivity contribution is -0.146. The quantitative estimate of drug-likeness (QED) is 0.338. The first-order valence-corrected chi connectivity index (χ1v) is 13.0. The van der Waals surface area contributed by atoms with Crippen molar-refractivity contribution in [3.63, 3.8) is 0 Å². The lowest BCUT2D eigenvalue weighted by Crippen LogP contribution is -2.49. The van der Waals surface area contributed by atoms with Crippen LogP contribution in [0.4, 0.5) is 18.9 Å². The number of piperidine rings is 1. The van der Waals surface area contributed by atoms with Crippen molar-refractivity contribution < 1.29 is 37.4 Å². The Kier molecular flexibility index (Phi) is 9.03. The molecule has 0 aliphatic carbocycles. The van der Waals surface area contributed by atoms with Gasteiger partial charge in [0.05, 0.1) is 18.9 Å². The number of hydrazine groups is 1. The van der Waals surface area contributed by atoms with Crippen molar-refractivity contribution in [2.24, 2.45) is 0 Å². The molecule has 0 radical (unpaired) electrons. The van der Waals surface area contributed by atoms with Crippen LogP contribution >= 0.6 is 0 Å². The number of allylic oxidation sites excluding steroid dienone is 3. The minimum atomic E-state index is -4.66. The van der Waals surface area contributed by atoms with E-state index in [1.54, 1.807) is 19.1 Å². The highest BCUT2D eigenvalue weighted by Crippen LogP contribution is 2.38. The highest BCUT2D eigenvalue weighted by atomic mass is 19.4. The van der Waals surface area contributed by atoms with Gasteiger partial charge in [0.15, 0.2) is 0 Å². The van der Waals surface area contributed by atoms with Crippen LogP contribution in [0.15, 0.2) is 29.5 Å². The number of carbonyl (C=O) groups is 2. The molecule has 0 spiro atoms. The second kappa shape index (κ2) is 12.3. The number of esters is 1. The average Bonchev–Trinajstić information content (AvgIpc) is 2.97. The number of fused-ring (bicyclic) bond motifs is 2. The molecule has 10 nitrogen and oxygen atoms in total. The number of anilines is 1. The number of nitrogens with one attached hydrogen (secondary N) is 4. The zero-order valence-corrected chi connectivity index (χ0v) is 21.9. The molecule has 1 fully saturated rings. The highest BCUT2D eigenvalue weighted by Gasteiger charge is 2.39. The van der Waals surface area contributed by atoms with E-state index in [1.807, 2.05) is 5.43 Å². The van der Waals surface area contributed by atoms with Gasteiger partial charge in [-0.25, -0.2) is 0 Å². The van der Waals surface area contributed by atoms with Gasteiger partial charge in [-0.15, -0.1) is 0 Å². The summed E-state index contributed by atoms with van der Waals surface area (Å²) in [6.45, 7) is 4.56. The second-order valence-corrected chi connectivity index (χ2v) is 9.67. The minimum Gasteiger partial charge on any atom is -0.465 e. The summed E-state index contributed by atoms with van der Waals surface area (Å²) in [4.78, 5) is 23.9. The normalized spacial score (nSPS) is 21.8. The summed E-state index contributed by atoms with van der Waals surface area (Å²) in [5, 5.41) is 20.6. The number of rotatable bonds is 6. The van der Waals surface area contributed by atoms with Crippen molar-refractivity contribution in [2.45, 2.75) is 70.9 Å². The molecule has 1 aromatic carbocycles. The first kappa shape index (κ1) is 28.7. The Morgan fingerprint density at radius 3 is 2.74 bits per heavy atom. The smallest absolute Gasteiger partial charge is 0.432 e. The molecule has 0 unspecified atom stereocenters. The maximum Gasteiger partial charge on any atom is 0.432 e. The third-order valence-electron chi connectivity index (χ3n) is 6.89. The summed E-state index contributed by atoms with van der Waals surface area (Å²) in [7, 11) is 0. The van der Waals surface area contributed by atoms with Crippen LogP contribution in [0.25, 0.3) is 5.70 Å². The Morgan fingerprint density at radius 2 is 2.08 bits per heavy atom. The number of benzene rings is 1. The van der Waals surface area contributed by atoms with E-state index in [4.69, 9.17) is 9.47 Å². The molecule has 2 atom stereocenters. The van der Waals surface area contributed by atoms with E-state index in [1.165, 1.54) is 6.92 Å². The highest BCUT2D eigenvalue weighted by molar-refractivity contribution is 5.78. The molecule has 1 saturated heterocycles. The monoisotopic (exact) mass is 553 g/mol. The summed E-state index contributed by atoms with van der Waals surface area (Å²) < 4.78 is 51.4. The standard InChI is InChI=1S/C26H34F3N5O5/c1-3-39-25(36)22-8-6-17(12-31-22)32-21-9-7-18-20(19(21)13-30-15(2)35)14-38-10-4-5-16-11-23(26(27,28)29)33-34(37)24(16)18/h7,9,11,17,22,31-33,37H,3-6,8,10,12-14H2,1-2H3,(H,30,35)/t17-,22+/m1/s1. The molecule has 0 bridgehead atoms. The molecule has 214 valence electrons. The molecule has 39 heavy (non-hydrogen) atoms. The minimum absolute atomic E-state index is 0.0280. The predicted molar refractivity (Wildman–Crippen MR) is 136 cm³/mol. The molecule has 5 N–H and O–H groups in total. The van der Waals surface area contributed by atoms with Crippen molar-refractivity contribution in [1.29, 1.82) is 0 Å². The zero-order chi connectivity index (χ0) is 28.2. The summed E-state index contributed by atoms with van der Waals surface area (Å²) in [6, 6.07) is 3.12. The van der Waals surface area contributed by atoms with Crippen molar-refractivity contribution in [3.8, 4) is 0 Å². The van der Waals surface area contributed by atoms with Gasteiger partial charge in [-0.05, 0) is 55.9 Å².